The van der Waals surface area contributed by atoms with E-state index in [2.05, 4.69) is 83.1 Å². The molecule has 3 heteroatoms. The maximum absolute atomic E-state index is 6.52. The molecule has 1 aromatic rings. The highest BCUT2D eigenvalue weighted by Crippen LogP contribution is 2.55. The fourth-order valence-electron chi connectivity index (χ4n) is 3.77. The highest BCUT2D eigenvalue weighted by atomic mass is 16.5. The van der Waals surface area contributed by atoms with E-state index in [1.54, 1.807) is 0 Å². The number of rotatable bonds is 9. The van der Waals surface area contributed by atoms with Crippen LogP contribution in [0.25, 0.3) is 0 Å². The summed E-state index contributed by atoms with van der Waals surface area (Å²) in [5, 5.41) is 0. The third kappa shape index (κ3) is 6.31. The van der Waals surface area contributed by atoms with Crippen molar-refractivity contribution in [2.45, 2.75) is 119 Å². The first kappa shape index (κ1) is 26.7. The average molecular weight is 421 g/mol. The van der Waals surface area contributed by atoms with Crippen LogP contribution in [0, 0.1) is 0 Å². The highest BCUT2D eigenvalue weighted by molar-refractivity contribution is 5.68. The van der Waals surface area contributed by atoms with E-state index in [0.29, 0.717) is 19.8 Å². The molecule has 0 atom stereocenters. The van der Waals surface area contributed by atoms with Crippen LogP contribution in [0.1, 0.15) is 119 Å². The molecule has 0 unspecified atom stereocenters. The summed E-state index contributed by atoms with van der Waals surface area (Å²) in [6.45, 7) is 28.8. The minimum atomic E-state index is -0.130. The van der Waals surface area contributed by atoms with E-state index in [-0.39, 0.29) is 16.2 Å². The highest BCUT2D eigenvalue weighted by Gasteiger charge is 2.40. The van der Waals surface area contributed by atoms with Crippen molar-refractivity contribution in [3.8, 4) is 17.2 Å². The van der Waals surface area contributed by atoms with E-state index < -0.39 is 0 Å². The van der Waals surface area contributed by atoms with E-state index >= 15 is 0 Å². The lowest BCUT2D eigenvalue weighted by Crippen LogP contribution is -2.27. The summed E-state index contributed by atoms with van der Waals surface area (Å²) in [5.41, 5.74) is 3.12. The Morgan fingerprint density at radius 3 is 0.767 bits per heavy atom. The first-order valence-electron chi connectivity index (χ1n) is 11.8. The van der Waals surface area contributed by atoms with Crippen LogP contribution >= 0.6 is 0 Å². The Bertz CT molecular complexity index is 566. The third-order valence-corrected chi connectivity index (χ3v) is 4.96. The average Bonchev–Trinajstić information content (AvgIpc) is 2.58. The molecule has 0 aliphatic heterocycles. The molecule has 0 heterocycles. The Morgan fingerprint density at radius 2 is 0.633 bits per heavy atom. The largest absolute Gasteiger partial charge is 0.493 e. The molecule has 0 saturated carbocycles. The van der Waals surface area contributed by atoms with Gasteiger partial charge in [-0.15, -0.1) is 0 Å². The second-order valence-corrected chi connectivity index (χ2v) is 11.4. The third-order valence-electron chi connectivity index (χ3n) is 4.96. The smallest absolute Gasteiger partial charge is 0.134 e. The number of ether oxygens (including phenoxy) is 3. The molecule has 3 nitrogen and oxygen atoms in total. The zero-order valence-electron chi connectivity index (χ0n) is 22.0. The van der Waals surface area contributed by atoms with Gasteiger partial charge in [0.15, 0.2) is 0 Å². The lowest BCUT2D eigenvalue weighted by Gasteiger charge is -2.38. The van der Waals surface area contributed by atoms with Gasteiger partial charge >= 0.3 is 0 Å². The number of hydrogen-bond donors (Lipinski definition) is 0. The predicted molar refractivity (Wildman–Crippen MR) is 130 cm³/mol. The van der Waals surface area contributed by atoms with Crippen molar-refractivity contribution in [1.82, 2.24) is 0 Å². The summed E-state index contributed by atoms with van der Waals surface area (Å²) in [4.78, 5) is 0. The first-order chi connectivity index (χ1) is 13.7. The van der Waals surface area contributed by atoms with Crippen LogP contribution in [0.5, 0.6) is 17.2 Å². The Morgan fingerprint density at radius 1 is 0.433 bits per heavy atom. The molecule has 0 amide bonds. The van der Waals surface area contributed by atoms with Gasteiger partial charge in [-0.3, -0.25) is 0 Å². The standard InChI is InChI=1S/C27H48O3/c1-13-16-28-22-19(25(4,5)6)23(29-17-14-2)21(27(10,11)12)24(30-18-15-3)20(22)26(7,8)9/h13-18H2,1-12H3. The monoisotopic (exact) mass is 420 g/mol. The van der Waals surface area contributed by atoms with Crippen LogP contribution in [-0.4, -0.2) is 19.8 Å². The van der Waals surface area contributed by atoms with Crippen molar-refractivity contribution in [1.29, 1.82) is 0 Å². The van der Waals surface area contributed by atoms with Gasteiger partial charge in [-0.2, -0.15) is 0 Å². The van der Waals surface area contributed by atoms with E-state index in [4.69, 9.17) is 14.2 Å². The molecule has 0 aliphatic rings. The molecule has 174 valence electrons. The van der Waals surface area contributed by atoms with Crippen LogP contribution in [0.3, 0.4) is 0 Å². The number of hydrogen-bond acceptors (Lipinski definition) is 3. The molecular weight excluding hydrogens is 372 g/mol. The lowest BCUT2D eigenvalue weighted by atomic mass is 9.73. The van der Waals surface area contributed by atoms with Crippen LogP contribution in [0.4, 0.5) is 0 Å². The van der Waals surface area contributed by atoms with Crippen LogP contribution < -0.4 is 14.2 Å². The zero-order valence-corrected chi connectivity index (χ0v) is 22.0. The molecule has 0 aromatic heterocycles. The molecule has 0 radical (unpaired) electrons. The molecule has 1 aromatic carbocycles. The van der Waals surface area contributed by atoms with Gasteiger partial charge in [-0.25, -0.2) is 0 Å². The van der Waals surface area contributed by atoms with Gasteiger partial charge in [0.05, 0.1) is 19.8 Å². The van der Waals surface area contributed by atoms with Crippen LogP contribution in [0.15, 0.2) is 0 Å². The summed E-state index contributed by atoms with van der Waals surface area (Å²) in [6.07, 6.45) is 2.89. The molecule has 0 N–H and O–H groups in total. The van der Waals surface area contributed by atoms with Crippen LogP contribution in [-0.2, 0) is 16.2 Å². The summed E-state index contributed by atoms with van der Waals surface area (Å²) in [6, 6.07) is 0. The van der Waals surface area contributed by atoms with E-state index in [1.165, 1.54) is 16.7 Å². The van der Waals surface area contributed by atoms with Gasteiger partial charge < -0.3 is 14.2 Å². The summed E-state index contributed by atoms with van der Waals surface area (Å²) in [5.74, 6) is 2.88. The molecule has 0 aliphatic carbocycles. The molecule has 0 saturated heterocycles. The number of benzene rings is 1. The van der Waals surface area contributed by atoms with E-state index in [1.807, 2.05) is 0 Å². The minimum Gasteiger partial charge on any atom is -0.493 e. The SMILES string of the molecule is CCCOc1c(C(C)(C)C)c(OCCC)c(C(C)(C)C)c(OCCC)c1C(C)(C)C. The van der Waals surface area contributed by atoms with Crippen LogP contribution in [0.2, 0.25) is 0 Å². The van der Waals surface area contributed by atoms with Crippen molar-refractivity contribution in [2.24, 2.45) is 0 Å². The topological polar surface area (TPSA) is 27.7 Å². The van der Waals surface area contributed by atoms with E-state index in [9.17, 15) is 0 Å². The molecule has 30 heavy (non-hydrogen) atoms. The quantitative estimate of drug-likeness (QED) is 0.406. The second-order valence-electron chi connectivity index (χ2n) is 11.4. The van der Waals surface area contributed by atoms with Gasteiger partial charge in [0.1, 0.15) is 17.2 Å². The van der Waals surface area contributed by atoms with Crippen molar-refractivity contribution in [2.75, 3.05) is 19.8 Å². The maximum atomic E-state index is 6.52. The summed E-state index contributed by atoms with van der Waals surface area (Å²) < 4.78 is 19.6. The van der Waals surface area contributed by atoms with Crippen molar-refractivity contribution >= 4 is 0 Å². The minimum absolute atomic E-state index is 0.130. The van der Waals surface area contributed by atoms with E-state index in [0.717, 1.165) is 36.5 Å². The van der Waals surface area contributed by atoms with Crippen molar-refractivity contribution < 1.29 is 14.2 Å². The molecular formula is C27H48O3. The van der Waals surface area contributed by atoms with Gasteiger partial charge in [0, 0.05) is 16.7 Å². The molecule has 0 spiro atoms. The zero-order chi connectivity index (χ0) is 23.3. The Hall–Kier alpha value is -1.38. The van der Waals surface area contributed by atoms with Crippen molar-refractivity contribution in [3.05, 3.63) is 16.7 Å². The molecule has 0 bridgehead atoms. The van der Waals surface area contributed by atoms with Gasteiger partial charge in [-0.1, -0.05) is 83.1 Å². The Labute approximate surface area is 186 Å². The Balaban J connectivity index is 4.25. The lowest BCUT2D eigenvalue weighted by molar-refractivity contribution is 0.255. The summed E-state index contributed by atoms with van der Waals surface area (Å²) >= 11 is 0. The molecule has 1 rings (SSSR count). The maximum Gasteiger partial charge on any atom is 0.134 e. The predicted octanol–water partition coefficient (Wildman–Crippen LogP) is 7.95. The fraction of sp³-hybridized carbons (Fsp3) is 0.778. The first-order valence-corrected chi connectivity index (χ1v) is 11.8. The fourth-order valence-corrected chi connectivity index (χ4v) is 3.77. The summed E-state index contributed by atoms with van der Waals surface area (Å²) in [7, 11) is 0. The second kappa shape index (κ2) is 10.3. The Kier molecular flexibility index (Phi) is 9.14. The van der Waals surface area contributed by atoms with Crippen molar-refractivity contribution in [3.63, 3.8) is 0 Å². The van der Waals surface area contributed by atoms with Gasteiger partial charge in [0.25, 0.3) is 0 Å². The normalized spacial score (nSPS) is 12.8. The van der Waals surface area contributed by atoms with Gasteiger partial charge in [-0.05, 0) is 35.5 Å². The van der Waals surface area contributed by atoms with Gasteiger partial charge in [0.2, 0.25) is 0 Å². The molecule has 0 fully saturated rings.